The molecule has 0 radical (unpaired) electrons. The molecule has 3 heteroatoms. The third kappa shape index (κ3) is 3.20. The molecule has 0 spiro atoms. The summed E-state index contributed by atoms with van der Waals surface area (Å²) in [5, 5.41) is 10.3. The predicted octanol–water partition coefficient (Wildman–Crippen LogP) is 4.67. The first kappa shape index (κ1) is 12.8. The Morgan fingerprint density at radius 1 is 1.38 bits per heavy atom. The highest BCUT2D eigenvalue weighted by atomic mass is 127. The van der Waals surface area contributed by atoms with Crippen LogP contribution in [0.15, 0.2) is 22.7 Å². The molecule has 0 aliphatic heterocycles. The highest BCUT2D eigenvalue weighted by Crippen LogP contribution is 2.35. The molecule has 1 unspecified atom stereocenters. The van der Waals surface area contributed by atoms with Crippen molar-refractivity contribution in [3.8, 4) is 0 Å². The summed E-state index contributed by atoms with van der Waals surface area (Å²) in [6.07, 6.45) is 5.86. The number of benzene rings is 1. The van der Waals surface area contributed by atoms with E-state index in [9.17, 15) is 5.11 Å². The van der Waals surface area contributed by atoms with Crippen molar-refractivity contribution in [1.82, 2.24) is 0 Å². The van der Waals surface area contributed by atoms with Gasteiger partial charge in [0.1, 0.15) is 0 Å². The van der Waals surface area contributed by atoms with E-state index in [1.54, 1.807) is 0 Å². The smallest absolute Gasteiger partial charge is 0.0804 e. The maximum atomic E-state index is 10.3. The molecular formula is C13H16BrIO. The first-order valence-corrected chi connectivity index (χ1v) is 7.67. The van der Waals surface area contributed by atoms with Crippen molar-refractivity contribution in [3.63, 3.8) is 0 Å². The quantitative estimate of drug-likeness (QED) is 0.738. The summed E-state index contributed by atoms with van der Waals surface area (Å²) < 4.78 is 2.21. The van der Waals surface area contributed by atoms with Gasteiger partial charge in [-0.1, -0.05) is 41.6 Å². The SMILES string of the molecule is OC(CC1CCCC1)c1cc(I)ccc1Br. The minimum absolute atomic E-state index is 0.313. The van der Waals surface area contributed by atoms with Crippen molar-refractivity contribution in [3.05, 3.63) is 31.8 Å². The lowest BCUT2D eigenvalue weighted by molar-refractivity contribution is 0.144. The molecule has 1 aromatic rings. The van der Waals surface area contributed by atoms with E-state index in [0.717, 1.165) is 22.4 Å². The van der Waals surface area contributed by atoms with Gasteiger partial charge in [-0.05, 0) is 58.7 Å². The summed E-state index contributed by atoms with van der Waals surface area (Å²) in [4.78, 5) is 0. The van der Waals surface area contributed by atoms with Crippen LogP contribution in [-0.4, -0.2) is 5.11 Å². The average molecular weight is 395 g/mol. The van der Waals surface area contributed by atoms with Crippen molar-refractivity contribution in [2.24, 2.45) is 5.92 Å². The number of hydrogen-bond donors (Lipinski definition) is 1. The van der Waals surface area contributed by atoms with Crippen LogP contribution >= 0.6 is 38.5 Å². The fourth-order valence-electron chi connectivity index (χ4n) is 2.46. The molecule has 16 heavy (non-hydrogen) atoms. The van der Waals surface area contributed by atoms with Gasteiger partial charge in [0.25, 0.3) is 0 Å². The zero-order valence-electron chi connectivity index (χ0n) is 9.13. The molecule has 1 atom stereocenters. The van der Waals surface area contributed by atoms with Gasteiger partial charge in [0, 0.05) is 8.04 Å². The number of rotatable bonds is 3. The van der Waals surface area contributed by atoms with Crippen LogP contribution in [0.1, 0.15) is 43.8 Å². The summed E-state index contributed by atoms with van der Waals surface area (Å²) in [6, 6.07) is 6.15. The molecule has 1 aromatic carbocycles. The van der Waals surface area contributed by atoms with Crippen molar-refractivity contribution in [1.29, 1.82) is 0 Å². The molecule has 1 nitrogen and oxygen atoms in total. The van der Waals surface area contributed by atoms with Crippen LogP contribution in [0.5, 0.6) is 0 Å². The van der Waals surface area contributed by atoms with E-state index in [0.29, 0.717) is 0 Å². The second-order valence-electron chi connectivity index (χ2n) is 4.57. The molecule has 1 N–H and O–H groups in total. The lowest BCUT2D eigenvalue weighted by Crippen LogP contribution is -2.05. The van der Waals surface area contributed by atoms with Gasteiger partial charge in [0.05, 0.1) is 6.10 Å². The Labute approximate surface area is 119 Å². The van der Waals surface area contributed by atoms with Gasteiger partial charge in [0.2, 0.25) is 0 Å². The normalized spacial score (nSPS) is 18.9. The summed E-state index contributed by atoms with van der Waals surface area (Å²) >= 11 is 5.81. The molecule has 0 amide bonds. The molecular weight excluding hydrogens is 379 g/mol. The summed E-state index contributed by atoms with van der Waals surface area (Å²) in [5.74, 6) is 0.722. The molecule has 1 aliphatic rings. The van der Waals surface area contributed by atoms with Gasteiger partial charge in [-0.3, -0.25) is 0 Å². The minimum Gasteiger partial charge on any atom is -0.388 e. The van der Waals surface area contributed by atoms with Gasteiger partial charge in [-0.15, -0.1) is 0 Å². The highest BCUT2D eigenvalue weighted by molar-refractivity contribution is 14.1. The molecule has 0 heterocycles. The summed E-state index contributed by atoms with van der Waals surface area (Å²) in [7, 11) is 0. The van der Waals surface area contributed by atoms with Crippen LogP contribution in [0.4, 0.5) is 0 Å². The van der Waals surface area contributed by atoms with E-state index in [1.165, 1.54) is 29.3 Å². The van der Waals surface area contributed by atoms with E-state index >= 15 is 0 Å². The zero-order valence-corrected chi connectivity index (χ0v) is 12.9. The lowest BCUT2D eigenvalue weighted by Gasteiger charge is -2.17. The summed E-state index contributed by atoms with van der Waals surface area (Å²) in [5.41, 5.74) is 1.04. The number of halogens is 2. The molecule has 0 bridgehead atoms. The van der Waals surface area contributed by atoms with E-state index in [-0.39, 0.29) is 6.10 Å². The van der Waals surface area contributed by atoms with Crippen molar-refractivity contribution < 1.29 is 5.11 Å². The Morgan fingerprint density at radius 2 is 2.06 bits per heavy atom. The molecule has 1 aliphatic carbocycles. The zero-order chi connectivity index (χ0) is 11.5. The lowest BCUT2D eigenvalue weighted by atomic mass is 9.96. The average Bonchev–Trinajstić information content (AvgIpc) is 2.74. The van der Waals surface area contributed by atoms with E-state index in [4.69, 9.17) is 0 Å². The number of aliphatic hydroxyl groups is 1. The van der Waals surface area contributed by atoms with Crippen molar-refractivity contribution in [2.75, 3.05) is 0 Å². The largest absolute Gasteiger partial charge is 0.388 e. The maximum Gasteiger partial charge on any atom is 0.0804 e. The predicted molar refractivity (Wildman–Crippen MR) is 78.4 cm³/mol. The standard InChI is InChI=1S/C13H16BrIO/c14-12-6-5-10(15)8-11(12)13(16)7-9-3-1-2-4-9/h5-6,8-9,13,16H,1-4,7H2. The Kier molecular flexibility index (Phi) is 4.67. The third-order valence-corrected chi connectivity index (χ3v) is 4.74. The Morgan fingerprint density at radius 3 is 2.75 bits per heavy atom. The van der Waals surface area contributed by atoms with E-state index in [1.807, 2.05) is 6.07 Å². The van der Waals surface area contributed by atoms with Crippen LogP contribution in [-0.2, 0) is 0 Å². The van der Waals surface area contributed by atoms with Crippen LogP contribution in [0, 0.1) is 9.49 Å². The van der Waals surface area contributed by atoms with Gasteiger partial charge in [-0.25, -0.2) is 0 Å². The Hall–Kier alpha value is 0.390. The first-order chi connectivity index (χ1) is 7.66. The minimum atomic E-state index is -0.313. The topological polar surface area (TPSA) is 20.2 Å². The van der Waals surface area contributed by atoms with E-state index in [2.05, 4.69) is 50.7 Å². The van der Waals surface area contributed by atoms with Gasteiger partial charge < -0.3 is 5.11 Å². The first-order valence-electron chi connectivity index (χ1n) is 5.80. The summed E-state index contributed by atoms with van der Waals surface area (Å²) in [6.45, 7) is 0. The van der Waals surface area contributed by atoms with Crippen molar-refractivity contribution >= 4 is 38.5 Å². The molecule has 1 saturated carbocycles. The second-order valence-corrected chi connectivity index (χ2v) is 6.67. The molecule has 88 valence electrons. The van der Waals surface area contributed by atoms with Crippen LogP contribution in [0.2, 0.25) is 0 Å². The fraction of sp³-hybridized carbons (Fsp3) is 0.538. The van der Waals surface area contributed by atoms with E-state index < -0.39 is 0 Å². The fourth-order valence-corrected chi connectivity index (χ4v) is 3.48. The monoisotopic (exact) mass is 394 g/mol. The molecule has 2 rings (SSSR count). The van der Waals surface area contributed by atoms with Gasteiger partial charge >= 0.3 is 0 Å². The number of hydrogen-bond acceptors (Lipinski definition) is 1. The maximum absolute atomic E-state index is 10.3. The van der Waals surface area contributed by atoms with Crippen molar-refractivity contribution in [2.45, 2.75) is 38.2 Å². The molecule has 0 aromatic heterocycles. The second kappa shape index (κ2) is 5.83. The number of aliphatic hydroxyl groups excluding tert-OH is 1. The van der Waals surface area contributed by atoms with Crippen LogP contribution in [0.25, 0.3) is 0 Å². The molecule has 0 saturated heterocycles. The van der Waals surface area contributed by atoms with Gasteiger partial charge in [-0.2, -0.15) is 0 Å². The van der Waals surface area contributed by atoms with Crippen LogP contribution < -0.4 is 0 Å². The highest BCUT2D eigenvalue weighted by Gasteiger charge is 2.21. The Bertz CT molecular complexity index is 361. The Balaban J connectivity index is 2.07. The third-order valence-electron chi connectivity index (χ3n) is 3.35. The van der Waals surface area contributed by atoms with Crippen LogP contribution in [0.3, 0.4) is 0 Å². The van der Waals surface area contributed by atoms with Gasteiger partial charge in [0.15, 0.2) is 0 Å². The molecule has 1 fully saturated rings.